The third-order valence-corrected chi connectivity index (χ3v) is 5.41. The van der Waals surface area contributed by atoms with Gasteiger partial charge in [0.05, 0.1) is 18.6 Å². The molecule has 1 aromatic heterocycles. The highest BCUT2D eigenvalue weighted by Crippen LogP contribution is 2.36. The largest absolute Gasteiger partial charge is 0.495 e. The van der Waals surface area contributed by atoms with Crippen LogP contribution in [0.15, 0.2) is 71.1 Å². The Bertz CT molecular complexity index is 1180. The Kier molecular flexibility index (Phi) is 4.05. The first-order valence-electron chi connectivity index (χ1n) is 8.09. The number of fused-ring (bicyclic) bond motifs is 3. The van der Waals surface area contributed by atoms with Gasteiger partial charge in [-0.05, 0) is 17.7 Å². The summed E-state index contributed by atoms with van der Waals surface area (Å²) >= 11 is 0. The van der Waals surface area contributed by atoms with Gasteiger partial charge in [-0.15, -0.1) is 0 Å². The summed E-state index contributed by atoms with van der Waals surface area (Å²) in [5, 5.41) is 1.84. The fourth-order valence-electron chi connectivity index (χ4n) is 3.00. The van der Waals surface area contributed by atoms with Crippen molar-refractivity contribution in [3.63, 3.8) is 0 Å². The van der Waals surface area contributed by atoms with Crippen molar-refractivity contribution in [1.29, 1.82) is 0 Å². The lowest BCUT2D eigenvalue weighted by atomic mass is 10.1. The zero-order valence-electron chi connectivity index (χ0n) is 14.1. The molecule has 1 heterocycles. The first-order valence-corrected chi connectivity index (χ1v) is 9.75. The number of furan rings is 1. The Morgan fingerprint density at radius 2 is 1.65 bits per heavy atom. The van der Waals surface area contributed by atoms with Gasteiger partial charge < -0.3 is 9.15 Å². The smallest absolute Gasteiger partial charge is 0.237 e. The SMILES string of the molecule is COc1cc2c(cc1NS(=O)(=O)Cc1ccccc1)oc1ccccc12. The average Bonchev–Trinajstić information content (AvgIpc) is 2.98. The van der Waals surface area contributed by atoms with Crippen LogP contribution >= 0.6 is 0 Å². The number of methoxy groups -OCH3 is 1. The monoisotopic (exact) mass is 367 g/mol. The molecular formula is C20H17NO4S. The van der Waals surface area contributed by atoms with E-state index in [-0.39, 0.29) is 5.75 Å². The molecule has 0 saturated heterocycles. The summed E-state index contributed by atoms with van der Waals surface area (Å²) in [5.41, 5.74) is 2.41. The standard InChI is InChI=1S/C20H17NO4S/c1-24-20-11-16-15-9-5-6-10-18(15)25-19(16)12-17(20)21-26(22,23)13-14-7-3-2-4-8-14/h2-12,21H,13H2,1H3. The maximum absolute atomic E-state index is 12.5. The molecule has 4 aromatic rings. The predicted octanol–water partition coefficient (Wildman–Crippen LogP) is 4.54. The van der Waals surface area contributed by atoms with Crippen molar-refractivity contribution in [2.75, 3.05) is 11.8 Å². The molecule has 0 fully saturated rings. The molecule has 0 aliphatic carbocycles. The van der Waals surface area contributed by atoms with Crippen LogP contribution in [-0.2, 0) is 15.8 Å². The van der Waals surface area contributed by atoms with Gasteiger partial charge in [0.2, 0.25) is 10.0 Å². The molecule has 0 atom stereocenters. The van der Waals surface area contributed by atoms with Crippen LogP contribution < -0.4 is 9.46 Å². The van der Waals surface area contributed by atoms with Gasteiger partial charge in [0.15, 0.2) is 0 Å². The van der Waals surface area contributed by atoms with Crippen LogP contribution in [-0.4, -0.2) is 15.5 Å². The van der Waals surface area contributed by atoms with Crippen LogP contribution in [0.2, 0.25) is 0 Å². The molecule has 5 nitrogen and oxygen atoms in total. The van der Waals surface area contributed by atoms with E-state index in [4.69, 9.17) is 9.15 Å². The lowest BCUT2D eigenvalue weighted by Gasteiger charge is -2.12. The van der Waals surface area contributed by atoms with Crippen molar-refractivity contribution in [3.05, 3.63) is 72.3 Å². The van der Waals surface area contributed by atoms with Crippen molar-refractivity contribution in [1.82, 2.24) is 0 Å². The fourth-order valence-corrected chi connectivity index (χ4v) is 4.20. The summed E-state index contributed by atoms with van der Waals surface area (Å²) in [7, 11) is -2.08. The molecular weight excluding hydrogens is 350 g/mol. The molecule has 6 heteroatoms. The number of anilines is 1. The second kappa shape index (κ2) is 6.38. The van der Waals surface area contributed by atoms with E-state index in [1.165, 1.54) is 7.11 Å². The van der Waals surface area contributed by atoms with Crippen LogP contribution in [0.5, 0.6) is 5.75 Å². The minimum Gasteiger partial charge on any atom is -0.495 e. The molecule has 132 valence electrons. The van der Waals surface area contributed by atoms with E-state index in [9.17, 15) is 8.42 Å². The summed E-state index contributed by atoms with van der Waals surface area (Å²) in [6.45, 7) is 0. The molecule has 0 aliphatic rings. The average molecular weight is 367 g/mol. The zero-order valence-corrected chi connectivity index (χ0v) is 14.9. The van der Waals surface area contributed by atoms with Crippen molar-refractivity contribution in [3.8, 4) is 5.75 Å². The minimum absolute atomic E-state index is 0.116. The van der Waals surface area contributed by atoms with Crippen LogP contribution in [0.25, 0.3) is 21.9 Å². The van der Waals surface area contributed by atoms with Crippen LogP contribution in [0, 0.1) is 0 Å². The van der Waals surface area contributed by atoms with E-state index >= 15 is 0 Å². The van der Waals surface area contributed by atoms with E-state index in [0.29, 0.717) is 22.6 Å². The Labute approximate surface area is 151 Å². The van der Waals surface area contributed by atoms with Gasteiger partial charge >= 0.3 is 0 Å². The summed E-state index contributed by atoms with van der Waals surface area (Å²) in [6, 6.07) is 20.1. The number of para-hydroxylation sites is 1. The first-order chi connectivity index (χ1) is 12.6. The first kappa shape index (κ1) is 16.5. The van der Waals surface area contributed by atoms with Gasteiger partial charge in [-0.1, -0.05) is 48.5 Å². The molecule has 0 unspecified atom stereocenters. The molecule has 0 aliphatic heterocycles. The number of benzene rings is 3. The number of hydrogen-bond donors (Lipinski definition) is 1. The highest BCUT2D eigenvalue weighted by atomic mass is 32.2. The molecule has 0 saturated carbocycles. The molecule has 0 radical (unpaired) electrons. The van der Waals surface area contributed by atoms with E-state index in [1.54, 1.807) is 24.3 Å². The maximum Gasteiger partial charge on any atom is 0.237 e. The summed E-state index contributed by atoms with van der Waals surface area (Å²) in [6.07, 6.45) is 0. The number of ether oxygens (including phenoxy) is 1. The fraction of sp³-hybridized carbons (Fsp3) is 0.100. The Morgan fingerprint density at radius 3 is 2.42 bits per heavy atom. The van der Waals surface area contributed by atoms with Crippen molar-refractivity contribution >= 4 is 37.6 Å². The van der Waals surface area contributed by atoms with Gasteiger partial charge in [-0.2, -0.15) is 0 Å². The summed E-state index contributed by atoms with van der Waals surface area (Å²) in [4.78, 5) is 0. The normalized spacial score (nSPS) is 11.7. The molecule has 0 bridgehead atoms. The maximum atomic E-state index is 12.5. The highest BCUT2D eigenvalue weighted by Gasteiger charge is 2.17. The van der Waals surface area contributed by atoms with Crippen LogP contribution in [0.1, 0.15) is 5.56 Å². The summed E-state index contributed by atoms with van der Waals surface area (Å²) in [5.74, 6) is 0.329. The van der Waals surface area contributed by atoms with Crippen molar-refractivity contribution in [2.24, 2.45) is 0 Å². The Balaban J connectivity index is 1.74. The third kappa shape index (κ3) is 3.11. The van der Waals surface area contributed by atoms with E-state index in [0.717, 1.165) is 16.4 Å². The zero-order chi connectivity index (χ0) is 18.1. The lowest BCUT2D eigenvalue weighted by molar-refractivity contribution is 0.417. The lowest BCUT2D eigenvalue weighted by Crippen LogP contribution is -2.15. The number of rotatable bonds is 5. The quantitative estimate of drug-likeness (QED) is 0.562. The van der Waals surface area contributed by atoms with E-state index in [2.05, 4.69) is 4.72 Å². The van der Waals surface area contributed by atoms with Crippen LogP contribution in [0.3, 0.4) is 0 Å². The Morgan fingerprint density at radius 1 is 0.923 bits per heavy atom. The molecule has 1 N–H and O–H groups in total. The van der Waals surface area contributed by atoms with Crippen LogP contribution in [0.4, 0.5) is 5.69 Å². The topological polar surface area (TPSA) is 68.5 Å². The molecule has 4 rings (SSSR count). The third-order valence-electron chi connectivity index (χ3n) is 4.16. The molecule has 26 heavy (non-hydrogen) atoms. The van der Waals surface area contributed by atoms with E-state index in [1.807, 2.05) is 42.5 Å². The van der Waals surface area contributed by atoms with Gasteiger partial charge in [-0.25, -0.2) is 8.42 Å². The van der Waals surface area contributed by atoms with Gasteiger partial charge in [0.25, 0.3) is 0 Å². The van der Waals surface area contributed by atoms with Gasteiger partial charge in [0.1, 0.15) is 16.9 Å². The molecule has 0 amide bonds. The van der Waals surface area contributed by atoms with Crippen molar-refractivity contribution in [2.45, 2.75) is 5.75 Å². The second-order valence-electron chi connectivity index (χ2n) is 5.99. The van der Waals surface area contributed by atoms with E-state index < -0.39 is 10.0 Å². The number of hydrogen-bond acceptors (Lipinski definition) is 4. The Hall–Kier alpha value is -2.99. The van der Waals surface area contributed by atoms with Gasteiger partial charge in [0, 0.05) is 16.8 Å². The van der Waals surface area contributed by atoms with Crippen molar-refractivity contribution < 1.29 is 17.6 Å². The highest BCUT2D eigenvalue weighted by molar-refractivity contribution is 7.91. The minimum atomic E-state index is -3.59. The van der Waals surface area contributed by atoms with Gasteiger partial charge in [-0.3, -0.25) is 4.72 Å². The second-order valence-corrected chi connectivity index (χ2v) is 7.72. The summed E-state index contributed by atoms with van der Waals surface area (Å²) < 4.78 is 38.9. The molecule has 3 aromatic carbocycles. The molecule has 0 spiro atoms. The number of nitrogens with one attached hydrogen (secondary N) is 1. The predicted molar refractivity (Wildman–Crippen MR) is 103 cm³/mol. The number of sulfonamides is 1.